The largest absolute Gasteiger partial charge is 0.494 e. The van der Waals surface area contributed by atoms with Crippen molar-refractivity contribution in [3.8, 4) is 28.7 Å². The number of methoxy groups -OCH3 is 1. The molecular formula is C31H43F2N7O3S. The Hall–Kier alpha value is -3.31. The molecular weight excluding hydrogens is 588 g/mol. The highest BCUT2D eigenvalue weighted by Crippen LogP contribution is 2.37. The van der Waals surface area contributed by atoms with E-state index < -0.39 is 23.5 Å². The average molecular weight is 632 g/mol. The number of carbonyl (C=O) groups is 2. The van der Waals surface area contributed by atoms with Crippen LogP contribution in [0, 0.1) is 17.8 Å². The smallest absolute Gasteiger partial charge is 0.280 e. The summed E-state index contributed by atoms with van der Waals surface area (Å²) in [7, 11) is 3.27. The molecule has 0 aromatic carbocycles. The number of pyridine rings is 2. The van der Waals surface area contributed by atoms with Crippen LogP contribution in [0.15, 0.2) is 24.5 Å². The quantitative estimate of drug-likeness (QED) is 0.388. The molecule has 3 fully saturated rings. The van der Waals surface area contributed by atoms with Gasteiger partial charge in [-0.05, 0) is 45.9 Å². The topological polar surface area (TPSA) is 112 Å². The first-order chi connectivity index (χ1) is 21.1. The number of amides is 2. The minimum Gasteiger partial charge on any atom is -0.494 e. The number of rotatable bonds is 6. The van der Waals surface area contributed by atoms with Crippen LogP contribution in [0.2, 0.25) is 0 Å². The van der Waals surface area contributed by atoms with Crippen LogP contribution >= 0.6 is 11.8 Å². The maximum absolute atomic E-state index is 13.6. The minimum atomic E-state index is -2.83. The third-order valence-electron chi connectivity index (χ3n) is 7.16. The van der Waals surface area contributed by atoms with E-state index in [0.29, 0.717) is 18.3 Å². The van der Waals surface area contributed by atoms with Crippen LogP contribution in [0.1, 0.15) is 76.9 Å². The van der Waals surface area contributed by atoms with Gasteiger partial charge < -0.3 is 10.1 Å². The Kier molecular flexibility index (Phi) is 12.5. The van der Waals surface area contributed by atoms with Crippen molar-refractivity contribution in [1.82, 2.24) is 31.0 Å². The lowest BCUT2D eigenvalue weighted by Crippen LogP contribution is -2.60. The molecule has 0 bridgehead atoms. The molecule has 0 radical (unpaired) electrons. The zero-order valence-corrected chi connectivity index (χ0v) is 27.4. The second-order valence-electron chi connectivity index (χ2n) is 10.6. The summed E-state index contributed by atoms with van der Waals surface area (Å²) in [6.45, 7) is 12.6. The summed E-state index contributed by atoms with van der Waals surface area (Å²) in [6.07, 6.45) is 1.96. The molecule has 1 saturated carbocycles. The van der Waals surface area contributed by atoms with E-state index in [1.807, 2.05) is 53.5 Å². The van der Waals surface area contributed by atoms with Crippen molar-refractivity contribution in [2.45, 2.75) is 77.2 Å². The molecule has 2 aromatic heterocycles. The van der Waals surface area contributed by atoms with Gasteiger partial charge in [0.05, 0.1) is 25.4 Å². The van der Waals surface area contributed by atoms with E-state index in [0.717, 1.165) is 12.8 Å². The van der Waals surface area contributed by atoms with Gasteiger partial charge in [0.2, 0.25) is 5.91 Å². The standard InChI is InChI=1S/C27H31F2N7O3S.2C2H6/c1-27(2)14-36(23(37)13-35(27)3)21-10-16(17-9-19(24(28)29)30-12-20(17)39-4)18(11-31-21)25(38)32-26-34-33-22(40-26)8-7-15-5-6-15;2*1-2/h9-12,15,22,24,26,33-34H,5-6,13-14H2,1-4H3,(H,32,38);2*1-2H3. The fourth-order valence-electron chi connectivity index (χ4n) is 4.37. The molecule has 5 rings (SSSR count). The van der Waals surface area contributed by atoms with Gasteiger partial charge in [-0.15, -0.1) is 0 Å². The Labute approximate surface area is 263 Å². The number of anilines is 1. The second-order valence-corrected chi connectivity index (χ2v) is 11.8. The highest BCUT2D eigenvalue weighted by Gasteiger charge is 2.37. The third kappa shape index (κ3) is 8.44. The zero-order chi connectivity index (χ0) is 32.6. The fourth-order valence-corrected chi connectivity index (χ4v) is 5.22. The summed E-state index contributed by atoms with van der Waals surface area (Å²) < 4.78 is 32.7. The molecule has 2 aromatic rings. The number of nitrogens with zero attached hydrogens (tertiary/aromatic N) is 4. The first-order valence-electron chi connectivity index (χ1n) is 14.9. The molecule has 44 heavy (non-hydrogen) atoms. The lowest BCUT2D eigenvalue weighted by atomic mass is 9.97. The molecule has 10 nitrogen and oxygen atoms in total. The lowest BCUT2D eigenvalue weighted by Gasteiger charge is -2.44. The van der Waals surface area contributed by atoms with Crippen molar-refractivity contribution in [2.75, 3.05) is 32.1 Å². The number of likely N-dealkylation sites (N-methyl/N-ethyl adjacent to an activating group) is 1. The first-order valence-corrected chi connectivity index (χ1v) is 15.8. The van der Waals surface area contributed by atoms with Gasteiger partial charge in [-0.3, -0.25) is 24.4 Å². The fraction of sp³-hybridized carbons (Fsp3) is 0.548. The number of hydrazine groups is 1. The summed E-state index contributed by atoms with van der Waals surface area (Å²) >= 11 is 1.41. The van der Waals surface area contributed by atoms with Crippen LogP contribution in [0.3, 0.4) is 0 Å². The first kappa shape index (κ1) is 35.2. The number of carbonyl (C=O) groups excluding carboxylic acids is 2. The molecule has 2 atom stereocenters. The third-order valence-corrected chi connectivity index (χ3v) is 8.18. The normalized spacial score (nSPS) is 20.9. The van der Waals surface area contributed by atoms with Crippen molar-refractivity contribution in [2.24, 2.45) is 5.92 Å². The highest BCUT2D eigenvalue weighted by molar-refractivity contribution is 8.00. The van der Waals surface area contributed by atoms with Gasteiger partial charge in [0, 0.05) is 35.3 Å². The Morgan fingerprint density at radius 3 is 2.45 bits per heavy atom. The van der Waals surface area contributed by atoms with Crippen LogP contribution in [0.4, 0.5) is 14.6 Å². The van der Waals surface area contributed by atoms with Gasteiger partial charge >= 0.3 is 0 Å². The summed E-state index contributed by atoms with van der Waals surface area (Å²) in [4.78, 5) is 38.3. The van der Waals surface area contributed by atoms with E-state index in [1.54, 1.807) is 11.0 Å². The van der Waals surface area contributed by atoms with Crippen LogP contribution < -0.4 is 25.8 Å². The number of thioether (sulfide) groups is 1. The number of hydrogen-bond donors (Lipinski definition) is 3. The molecule has 2 saturated heterocycles. The Morgan fingerprint density at radius 1 is 1.11 bits per heavy atom. The molecule has 0 spiro atoms. The van der Waals surface area contributed by atoms with E-state index in [4.69, 9.17) is 4.74 Å². The van der Waals surface area contributed by atoms with Gasteiger partial charge in [0.25, 0.3) is 12.3 Å². The molecule has 2 unspecified atom stereocenters. The number of hydrogen-bond acceptors (Lipinski definition) is 9. The second kappa shape index (κ2) is 15.6. The number of aromatic nitrogens is 2. The van der Waals surface area contributed by atoms with Crippen LogP contribution in [-0.4, -0.2) is 70.3 Å². The van der Waals surface area contributed by atoms with Crippen molar-refractivity contribution in [3.63, 3.8) is 0 Å². The number of nitrogens with one attached hydrogen (secondary N) is 3. The average Bonchev–Trinajstić information content (AvgIpc) is 3.76. The van der Waals surface area contributed by atoms with Gasteiger partial charge in [0.15, 0.2) is 0 Å². The molecule has 1 aliphatic carbocycles. The summed E-state index contributed by atoms with van der Waals surface area (Å²) in [5, 5.41) is 2.70. The van der Waals surface area contributed by atoms with Crippen molar-refractivity contribution < 1.29 is 23.1 Å². The van der Waals surface area contributed by atoms with Crippen molar-refractivity contribution in [3.05, 3.63) is 35.8 Å². The van der Waals surface area contributed by atoms with E-state index in [9.17, 15) is 18.4 Å². The maximum Gasteiger partial charge on any atom is 0.280 e. The molecule has 3 N–H and O–H groups in total. The van der Waals surface area contributed by atoms with Gasteiger partial charge in [0.1, 0.15) is 28.1 Å². The number of piperazine rings is 1. The van der Waals surface area contributed by atoms with E-state index in [2.05, 4.69) is 38.0 Å². The molecule has 3 aliphatic rings. The SMILES string of the molecule is CC.CC.COc1cnc(C(F)F)cc1-c1cc(N2CC(C)(C)N(C)CC2=O)ncc1C(=O)NC1NNC(C#CC2CC2)S1. The Bertz CT molecular complexity index is 1380. The van der Waals surface area contributed by atoms with Crippen LogP contribution in [-0.2, 0) is 4.79 Å². The van der Waals surface area contributed by atoms with Crippen molar-refractivity contribution >= 4 is 29.4 Å². The number of ether oxygens (including phenoxy) is 1. The Balaban J connectivity index is 0.00000127. The molecule has 4 heterocycles. The predicted molar refractivity (Wildman–Crippen MR) is 170 cm³/mol. The number of halogens is 2. The number of alkyl halides is 2. The zero-order valence-electron chi connectivity index (χ0n) is 26.6. The predicted octanol–water partition coefficient (Wildman–Crippen LogP) is 4.79. The molecule has 13 heteroatoms. The lowest BCUT2D eigenvalue weighted by molar-refractivity contribution is -0.123. The van der Waals surface area contributed by atoms with Crippen LogP contribution in [0.5, 0.6) is 5.75 Å². The van der Waals surface area contributed by atoms with Crippen molar-refractivity contribution in [1.29, 1.82) is 0 Å². The summed E-state index contributed by atoms with van der Waals surface area (Å²) in [6, 6.07) is 2.77. The molecule has 2 amide bonds. The molecule has 2 aliphatic heterocycles. The van der Waals surface area contributed by atoms with E-state index in [-0.39, 0.29) is 45.8 Å². The monoisotopic (exact) mass is 631 g/mol. The minimum absolute atomic E-state index is 0.129. The van der Waals surface area contributed by atoms with Gasteiger partial charge in [-0.1, -0.05) is 51.3 Å². The summed E-state index contributed by atoms with van der Waals surface area (Å²) in [5.41, 5.74) is 5.42. The Morgan fingerprint density at radius 2 is 1.82 bits per heavy atom. The van der Waals surface area contributed by atoms with Gasteiger partial charge in [-0.25, -0.2) is 24.6 Å². The van der Waals surface area contributed by atoms with E-state index in [1.165, 1.54) is 37.3 Å². The van der Waals surface area contributed by atoms with Crippen LogP contribution in [0.25, 0.3) is 11.1 Å². The van der Waals surface area contributed by atoms with E-state index >= 15 is 0 Å². The molecule has 240 valence electrons. The van der Waals surface area contributed by atoms with Gasteiger partial charge in [-0.2, -0.15) is 0 Å². The maximum atomic E-state index is 13.6. The highest BCUT2D eigenvalue weighted by atomic mass is 32.2. The summed E-state index contributed by atoms with van der Waals surface area (Å²) in [5.74, 6) is 6.66.